The second-order valence-corrected chi connectivity index (χ2v) is 11.3. The Morgan fingerprint density at radius 1 is 0.419 bits per heavy atom. The monoisotopic (exact) mass is 825 g/mol. The van der Waals surface area contributed by atoms with E-state index >= 15 is 0 Å². The molecule has 0 atom stereocenters. The van der Waals surface area contributed by atoms with Crippen LogP contribution in [0.15, 0.2) is 97.1 Å². The Hall–Kier alpha value is -2.87. The Balaban J connectivity index is 0.000000293. The summed E-state index contributed by atoms with van der Waals surface area (Å²) in [6.45, 7) is 0. The van der Waals surface area contributed by atoms with E-state index in [2.05, 4.69) is 9.80 Å². The van der Waals surface area contributed by atoms with Gasteiger partial charge in [-0.2, -0.15) is 0 Å². The summed E-state index contributed by atoms with van der Waals surface area (Å²) in [5, 5.41) is 0. The molecule has 226 valence electrons. The maximum Gasteiger partial charge on any atom is 0.118 e. The molecule has 0 saturated carbocycles. The molecule has 0 aliphatic rings. The van der Waals surface area contributed by atoms with Gasteiger partial charge in [0.15, 0.2) is 0 Å². The number of thiocarbonyl (C=S) groups is 4. The zero-order chi connectivity index (χ0) is 30.8. The normalized spacial score (nSPS) is 9.81. The maximum absolute atomic E-state index is 5.51. The molecule has 0 aliphatic carbocycles. The first-order valence-corrected chi connectivity index (χ1v) is 14.7. The van der Waals surface area contributed by atoms with Crippen LogP contribution < -0.4 is 19.3 Å². The minimum Gasteiger partial charge on any atom is -0.497 e. The predicted octanol–water partition coefficient (Wildman–Crippen LogP) is 7.79. The third kappa shape index (κ3) is 10.1. The van der Waals surface area contributed by atoms with E-state index in [9.17, 15) is 0 Å². The Morgan fingerprint density at radius 2 is 0.628 bits per heavy atom. The van der Waals surface area contributed by atoms with Crippen molar-refractivity contribution in [3.63, 3.8) is 0 Å². The van der Waals surface area contributed by atoms with E-state index in [1.807, 2.05) is 125 Å². The van der Waals surface area contributed by atoms with Gasteiger partial charge in [-0.1, -0.05) is 73.1 Å². The number of ether oxygens (including phenoxy) is 2. The number of benzene rings is 4. The van der Waals surface area contributed by atoms with Gasteiger partial charge in [-0.05, 0) is 95.1 Å². The molecule has 0 bridgehead atoms. The van der Waals surface area contributed by atoms with Gasteiger partial charge >= 0.3 is 0 Å². The summed E-state index contributed by atoms with van der Waals surface area (Å²) in [5.74, 6) is 1.62. The van der Waals surface area contributed by atoms with Gasteiger partial charge in [-0.15, -0.1) is 0 Å². The molecule has 0 N–H and O–H groups in total. The minimum absolute atomic E-state index is 0. The summed E-state index contributed by atoms with van der Waals surface area (Å²) in [6, 6.07) is 31.5. The molecule has 43 heavy (non-hydrogen) atoms. The molecule has 0 fully saturated rings. The van der Waals surface area contributed by atoms with E-state index < -0.39 is 0 Å². The summed E-state index contributed by atoms with van der Waals surface area (Å²) in [7, 11) is 11.3. The van der Waals surface area contributed by atoms with Gasteiger partial charge in [-0.3, -0.25) is 0 Å². The van der Waals surface area contributed by atoms with Crippen LogP contribution in [0, 0.1) is 0 Å². The van der Waals surface area contributed by atoms with Gasteiger partial charge < -0.3 is 19.3 Å². The van der Waals surface area contributed by atoms with Crippen LogP contribution in [0.25, 0.3) is 0 Å². The molecule has 9 heteroatoms. The quantitative estimate of drug-likeness (QED) is 0.118. The largest absolute Gasteiger partial charge is 0.497 e. The van der Waals surface area contributed by atoms with Crippen molar-refractivity contribution in [1.82, 2.24) is 0 Å². The second kappa shape index (κ2) is 17.4. The van der Waals surface area contributed by atoms with E-state index in [0.717, 1.165) is 45.1 Å². The van der Waals surface area contributed by atoms with Gasteiger partial charge in [0.25, 0.3) is 0 Å². The fourth-order valence-corrected chi connectivity index (χ4v) is 4.85. The van der Waals surface area contributed by atoms with E-state index in [1.54, 1.807) is 14.2 Å². The molecule has 0 saturated heterocycles. The van der Waals surface area contributed by atoms with Crippen molar-refractivity contribution in [3.05, 3.63) is 119 Å². The van der Waals surface area contributed by atoms with Gasteiger partial charge in [0.05, 0.1) is 33.7 Å². The van der Waals surface area contributed by atoms with Gasteiger partial charge in [0.2, 0.25) is 0 Å². The van der Waals surface area contributed by atoms with Crippen molar-refractivity contribution < 1.29 is 30.5 Å². The zero-order valence-corrected chi connectivity index (χ0v) is 30.4. The first kappa shape index (κ1) is 36.3. The van der Waals surface area contributed by atoms with E-state index in [0.29, 0.717) is 19.5 Å². The minimum atomic E-state index is 0. The molecule has 0 amide bonds. The van der Waals surface area contributed by atoms with Crippen molar-refractivity contribution >= 4 is 79.7 Å². The molecule has 0 heterocycles. The number of hydrogen-bond donors (Lipinski definition) is 0. The summed E-state index contributed by atoms with van der Waals surface area (Å²) >= 11 is 22.0. The van der Waals surface area contributed by atoms with Crippen molar-refractivity contribution in [2.75, 3.05) is 52.2 Å². The van der Waals surface area contributed by atoms with Gasteiger partial charge in [0, 0.05) is 60.6 Å². The van der Waals surface area contributed by atoms with Crippen LogP contribution in [0.1, 0.15) is 22.3 Å². The number of anilines is 2. The maximum atomic E-state index is 5.51. The topological polar surface area (TPSA) is 24.9 Å². The van der Waals surface area contributed by atoms with Crippen molar-refractivity contribution in [1.29, 1.82) is 0 Å². The second-order valence-electron chi connectivity index (χ2n) is 9.66. The fourth-order valence-electron chi connectivity index (χ4n) is 3.83. The first-order chi connectivity index (χ1) is 20.0. The van der Waals surface area contributed by atoms with E-state index in [4.69, 9.17) is 58.3 Å². The third-order valence-electron chi connectivity index (χ3n) is 6.41. The summed E-state index contributed by atoms with van der Waals surface area (Å²) in [5.41, 5.74) is 6.08. The zero-order valence-electron chi connectivity index (χ0n) is 24.9. The molecular formula is C34H34N2O2PtS4. The van der Waals surface area contributed by atoms with Crippen LogP contribution in [-0.4, -0.2) is 61.9 Å². The molecule has 0 aliphatic heterocycles. The number of hydrogen-bond acceptors (Lipinski definition) is 8. The van der Waals surface area contributed by atoms with Gasteiger partial charge in [-0.25, -0.2) is 0 Å². The van der Waals surface area contributed by atoms with Gasteiger partial charge in [0.1, 0.15) is 11.5 Å². The molecule has 0 aromatic heterocycles. The van der Waals surface area contributed by atoms with Crippen LogP contribution >= 0.6 is 48.9 Å². The molecule has 4 aromatic rings. The Morgan fingerprint density at radius 3 is 0.814 bits per heavy atom. The van der Waals surface area contributed by atoms with Crippen LogP contribution in [0.3, 0.4) is 0 Å². The van der Waals surface area contributed by atoms with Crippen molar-refractivity contribution in [2.45, 2.75) is 0 Å². The van der Waals surface area contributed by atoms with E-state index in [-0.39, 0.29) is 21.1 Å². The molecule has 4 nitrogen and oxygen atoms in total. The summed E-state index contributed by atoms with van der Waals surface area (Å²) in [4.78, 5) is 6.86. The average Bonchev–Trinajstić information content (AvgIpc) is 3.03. The molecular weight excluding hydrogens is 792 g/mol. The summed E-state index contributed by atoms with van der Waals surface area (Å²) < 4.78 is 10.3. The predicted molar refractivity (Wildman–Crippen MR) is 194 cm³/mol. The molecule has 4 aromatic carbocycles. The Bertz CT molecular complexity index is 1420. The van der Waals surface area contributed by atoms with Crippen LogP contribution in [0.4, 0.5) is 11.4 Å². The standard InChI is InChI=1S/2C17H17NOS2.Pt/c2*1-18(2)14-8-4-12(5-9-14)16(20)17(21)13-6-10-15(19-3)11-7-13;/h2*4-11H,1-3H3;. The molecule has 0 radical (unpaired) electrons. The molecule has 0 spiro atoms. The van der Waals surface area contributed by atoms with Crippen LogP contribution in [-0.2, 0) is 21.1 Å². The van der Waals surface area contributed by atoms with Crippen LogP contribution in [0.2, 0.25) is 0 Å². The number of rotatable bonds is 10. The SMILES string of the molecule is COc1ccc(C(=S)C(=S)c2ccc(N(C)C)cc2)cc1.COc1ccc(C(=S)C(=S)c2ccc(N(C)C)cc2)cc1.[Pt]. The number of methoxy groups -OCH3 is 2. The smallest absolute Gasteiger partial charge is 0.118 e. The summed E-state index contributed by atoms with van der Waals surface area (Å²) in [6.07, 6.45) is 0. The van der Waals surface area contributed by atoms with Crippen molar-refractivity contribution in [2.24, 2.45) is 0 Å². The fraction of sp³-hybridized carbons (Fsp3) is 0.176. The Labute approximate surface area is 291 Å². The van der Waals surface area contributed by atoms with Crippen molar-refractivity contribution in [3.8, 4) is 11.5 Å². The third-order valence-corrected chi connectivity index (χ3v) is 8.43. The number of nitrogens with zero attached hydrogens (tertiary/aromatic N) is 2. The molecule has 4 rings (SSSR count). The average molecular weight is 826 g/mol. The molecule has 0 unspecified atom stereocenters. The van der Waals surface area contributed by atoms with Crippen LogP contribution in [0.5, 0.6) is 11.5 Å². The first-order valence-electron chi connectivity index (χ1n) is 13.1. The van der Waals surface area contributed by atoms with E-state index in [1.165, 1.54) is 0 Å². The Kier molecular flexibility index (Phi) is 14.7.